The van der Waals surface area contributed by atoms with Crippen molar-refractivity contribution in [2.45, 2.75) is 68.2 Å². The molecule has 0 nitrogen and oxygen atoms in total. The van der Waals surface area contributed by atoms with Gasteiger partial charge < -0.3 is 0 Å². The first-order valence-corrected chi connectivity index (χ1v) is 9.77. The lowest BCUT2D eigenvalue weighted by Crippen LogP contribution is -1.80. The van der Waals surface area contributed by atoms with E-state index in [0.29, 0.717) is 0 Å². The van der Waals surface area contributed by atoms with E-state index in [1.54, 1.807) is 0 Å². The summed E-state index contributed by atoms with van der Waals surface area (Å²) in [5.74, 6) is 2.65. The van der Waals surface area contributed by atoms with E-state index in [1.807, 2.05) is 39.0 Å². The molecule has 0 spiro atoms. The monoisotopic (exact) mass is 350 g/mol. The van der Waals surface area contributed by atoms with Crippen LogP contribution < -0.4 is 0 Å². The van der Waals surface area contributed by atoms with Crippen molar-refractivity contribution >= 4 is 5.57 Å². The Bertz CT molecular complexity index is 636. The molecule has 0 saturated carbocycles. The molecule has 26 heavy (non-hydrogen) atoms. The average Bonchev–Trinajstić information content (AvgIpc) is 2.67. The third kappa shape index (κ3) is 12.2. The van der Waals surface area contributed by atoms with E-state index in [9.17, 15) is 0 Å². The van der Waals surface area contributed by atoms with E-state index in [-0.39, 0.29) is 0 Å². The molecule has 142 valence electrons. The molecule has 0 aliphatic carbocycles. The maximum atomic E-state index is 5.34. The van der Waals surface area contributed by atoms with Gasteiger partial charge in [-0.2, -0.15) is 0 Å². The Kier molecular flexibility index (Phi) is 17.5. The summed E-state index contributed by atoms with van der Waals surface area (Å²) >= 11 is 0. The van der Waals surface area contributed by atoms with Crippen LogP contribution in [0.2, 0.25) is 0 Å². The highest BCUT2D eigenvalue weighted by Gasteiger charge is 1.94. The number of terminal acetylenes is 1. The first-order chi connectivity index (χ1) is 12.5. The maximum absolute atomic E-state index is 5.34. The summed E-state index contributed by atoms with van der Waals surface area (Å²) in [6, 6.07) is 16.8. The van der Waals surface area contributed by atoms with Crippen LogP contribution in [0.1, 0.15) is 70.2 Å². The third-order valence-electron chi connectivity index (χ3n) is 3.30. The number of aryl methyl sites for hydroxylation is 3. The predicted octanol–water partition coefficient (Wildman–Crippen LogP) is 8.03. The Morgan fingerprint density at radius 3 is 1.81 bits per heavy atom. The molecule has 0 heteroatoms. The van der Waals surface area contributed by atoms with Gasteiger partial charge in [-0.3, -0.25) is 0 Å². The van der Waals surface area contributed by atoms with Gasteiger partial charge in [0.1, 0.15) is 0 Å². The van der Waals surface area contributed by atoms with Gasteiger partial charge >= 0.3 is 0 Å². The van der Waals surface area contributed by atoms with Crippen LogP contribution in [0.5, 0.6) is 0 Å². The summed E-state index contributed by atoms with van der Waals surface area (Å²) in [4.78, 5) is 0. The molecule has 0 N–H and O–H groups in total. The largest absolute Gasteiger partial charge is 0.115 e. The fourth-order valence-electron chi connectivity index (χ4n) is 2.00. The molecule has 0 heterocycles. The topological polar surface area (TPSA) is 0 Å². The van der Waals surface area contributed by atoms with E-state index >= 15 is 0 Å². The number of allylic oxidation sites excluding steroid dienone is 2. The first-order valence-electron chi connectivity index (χ1n) is 9.77. The first kappa shape index (κ1) is 26.0. The van der Waals surface area contributed by atoms with Crippen LogP contribution in [0, 0.1) is 26.2 Å². The summed E-state index contributed by atoms with van der Waals surface area (Å²) in [7, 11) is 0. The molecule has 2 aromatic carbocycles. The zero-order chi connectivity index (χ0) is 20.4. The standard InChI is InChI=1S/C12H12.C9H12.C3H8.C2H6/c1-4-11(5-2)12-8-6-10(3)7-9-12;1-3-9-6-4-5-8(2)7-9;1-3-2;1-2/h1,5-9H,2-3H3;4-7H,3H2,1-2H3;3H2,1-2H3;1-2H3/b11-5+;;;. The van der Waals surface area contributed by atoms with Gasteiger partial charge in [-0.15, -0.1) is 6.42 Å². The zero-order valence-electron chi connectivity index (χ0n) is 18.2. The zero-order valence-corrected chi connectivity index (χ0v) is 18.2. The number of hydrogen-bond donors (Lipinski definition) is 0. The molecule has 0 aliphatic rings. The minimum absolute atomic E-state index is 0.954. The second-order valence-corrected chi connectivity index (χ2v) is 5.76. The van der Waals surface area contributed by atoms with Crippen LogP contribution in [-0.4, -0.2) is 0 Å². The number of hydrogen-bond acceptors (Lipinski definition) is 0. The van der Waals surface area contributed by atoms with Gasteiger partial charge in [0.25, 0.3) is 0 Å². The van der Waals surface area contributed by atoms with Crippen molar-refractivity contribution in [1.29, 1.82) is 0 Å². The maximum Gasteiger partial charge on any atom is 0.0272 e. The molecule has 2 aromatic rings. The van der Waals surface area contributed by atoms with Gasteiger partial charge in [-0.05, 0) is 38.3 Å². The van der Waals surface area contributed by atoms with Crippen molar-refractivity contribution in [1.82, 2.24) is 0 Å². The Morgan fingerprint density at radius 2 is 1.46 bits per heavy atom. The van der Waals surface area contributed by atoms with E-state index in [2.05, 4.69) is 76.9 Å². The van der Waals surface area contributed by atoms with Crippen LogP contribution in [0.15, 0.2) is 54.6 Å². The minimum atomic E-state index is 0.954. The predicted molar refractivity (Wildman–Crippen MR) is 122 cm³/mol. The molecule has 0 radical (unpaired) electrons. The fraction of sp³-hybridized carbons (Fsp3) is 0.385. The highest BCUT2D eigenvalue weighted by molar-refractivity contribution is 5.77. The number of benzene rings is 2. The van der Waals surface area contributed by atoms with Gasteiger partial charge in [0.2, 0.25) is 0 Å². The normalized spacial score (nSPS) is 9.27. The molecular formula is C26H38. The molecule has 0 atom stereocenters. The van der Waals surface area contributed by atoms with Crippen LogP contribution in [0.25, 0.3) is 5.57 Å². The Labute approximate surface area is 163 Å². The second kappa shape index (κ2) is 17.6. The summed E-state index contributed by atoms with van der Waals surface area (Å²) < 4.78 is 0. The molecule has 2 rings (SSSR count). The number of rotatable bonds is 2. The average molecular weight is 351 g/mol. The summed E-state index contributed by atoms with van der Waals surface area (Å²) in [5, 5.41) is 0. The van der Waals surface area contributed by atoms with Crippen LogP contribution in [-0.2, 0) is 6.42 Å². The van der Waals surface area contributed by atoms with Crippen LogP contribution >= 0.6 is 0 Å². The summed E-state index contributed by atoms with van der Waals surface area (Å²) in [5.41, 5.74) is 6.11. The molecule has 0 fully saturated rings. The molecule has 0 bridgehead atoms. The lowest BCUT2D eigenvalue weighted by Gasteiger charge is -1.99. The van der Waals surface area contributed by atoms with Crippen molar-refractivity contribution in [3.8, 4) is 12.3 Å². The van der Waals surface area contributed by atoms with Crippen molar-refractivity contribution in [2.24, 2.45) is 0 Å². The SMILES string of the molecule is C#C/C(=C\C)c1ccc(C)cc1.CC.CCC.CCc1cccc(C)c1. The van der Waals surface area contributed by atoms with Crippen molar-refractivity contribution in [3.63, 3.8) is 0 Å². The minimum Gasteiger partial charge on any atom is -0.115 e. The summed E-state index contributed by atoms with van der Waals surface area (Å²) in [6.45, 7) is 16.6. The van der Waals surface area contributed by atoms with E-state index in [4.69, 9.17) is 6.42 Å². The molecule has 0 amide bonds. The molecule has 0 unspecified atom stereocenters. The highest BCUT2D eigenvalue weighted by atomic mass is 14.0. The van der Waals surface area contributed by atoms with Crippen LogP contribution in [0.3, 0.4) is 0 Å². The van der Waals surface area contributed by atoms with Gasteiger partial charge in [0.15, 0.2) is 0 Å². The van der Waals surface area contributed by atoms with Crippen molar-refractivity contribution in [2.75, 3.05) is 0 Å². The lowest BCUT2D eigenvalue weighted by atomic mass is 10.1. The van der Waals surface area contributed by atoms with E-state index < -0.39 is 0 Å². The molecule has 0 aliphatic heterocycles. The van der Waals surface area contributed by atoms with Gasteiger partial charge in [0.05, 0.1) is 0 Å². The van der Waals surface area contributed by atoms with Gasteiger partial charge in [0, 0.05) is 5.57 Å². The Hall–Kier alpha value is -2.26. The Morgan fingerprint density at radius 1 is 0.923 bits per heavy atom. The van der Waals surface area contributed by atoms with E-state index in [1.165, 1.54) is 23.1 Å². The van der Waals surface area contributed by atoms with Crippen molar-refractivity contribution < 1.29 is 0 Å². The van der Waals surface area contributed by atoms with Gasteiger partial charge in [-0.25, -0.2) is 0 Å². The quantitative estimate of drug-likeness (QED) is 0.481. The summed E-state index contributed by atoms with van der Waals surface area (Å²) in [6.07, 6.45) is 9.67. The van der Waals surface area contributed by atoms with Crippen molar-refractivity contribution in [3.05, 3.63) is 76.9 Å². The van der Waals surface area contributed by atoms with Crippen LogP contribution in [0.4, 0.5) is 0 Å². The van der Waals surface area contributed by atoms with E-state index in [0.717, 1.165) is 17.6 Å². The Balaban J connectivity index is 0. The highest BCUT2D eigenvalue weighted by Crippen LogP contribution is 2.13. The molecule has 0 saturated heterocycles. The lowest BCUT2D eigenvalue weighted by molar-refractivity contribution is 1.09. The second-order valence-electron chi connectivity index (χ2n) is 5.76. The molecule has 0 aromatic heterocycles. The molecular weight excluding hydrogens is 312 g/mol. The van der Waals surface area contributed by atoms with Gasteiger partial charge in [-0.1, -0.05) is 113 Å². The fourth-order valence-corrected chi connectivity index (χ4v) is 2.00. The third-order valence-corrected chi connectivity index (χ3v) is 3.30. The smallest absolute Gasteiger partial charge is 0.0272 e.